The van der Waals surface area contributed by atoms with Crippen LogP contribution in [-0.4, -0.2) is 39.1 Å². The molecule has 0 radical (unpaired) electrons. The van der Waals surface area contributed by atoms with Gasteiger partial charge in [-0.05, 0) is 6.07 Å². The van der Waals surface area contributed by atoms with Crippen LogP contribution < -0.4 is 9.47 Å². The maximum absolute atomic E-state index is 9.47. The second-order valence-corrected chi connectivity index (χ2v) is 4.00. The summed E-state index contributed by atoms with van der Waals surface area (Å²) in [4.78, 5) is 0. The topological polar surface area (TPSA) is 47.9 Å². The number of methoxy groups -OCH3 is 2. The second-order valence-electron chi connectivity index (χ2n) is 4.00. The highest BCUT2D eigenvalue weighted by Crippen LogP contribution is 2.39. The lowest BCUT2D eigenvalue weighted by Gasteiger charge is -2.40. The fourth-order valence-corrected chi connectivity index (χ4v) is 1.92. The Morgan fingerprint density at radius 3 is 2.50 bits per heavy atom. The van der Waals surface area contributed by atoms with Crippen LogP contribution >= 0.6 is 0 Å². The first kappa shape index (κ1) is 11.2. The SMILES string of the molecule is COc1ccc(C2(CO)COC2)c(OC)c1. The van der Waals surface area contributed by atoms with Crippen LogP contribution in [0.1, 0.15) is 5.56 Å². The number of hydrogen-bond donors (Lipinski definition) is 1. The van der Waals surface area contributed by atoms with Gasteiger partial charge in [-0.2, -0.15) is 0 Å². The molecule has 1 N–H and O–H groups in total. The molecule has 0 unspecified atom stereocenters. The van der Waals surface area contributed by atoms with Crippen LogP contribution in [0.25, 0.3) is 0 Å². The van der Waals surface area contributed by atoms with Crippen molar-refractivity contribution in [2.24, 2.45) is 0 Å². The Kier molecular flexibility index (Phi) is 3.03. The molecule has 1 aromatic rings. The number of aliphatic hydroxyl groups is 1. The highest BCUT2D eigenvalue weighted by atomic mass is 16.5. The van der Waals surface area contributed by atoms with Crippen molar-refractivity contribution in [2.45, 2.75) is 5.41 Å². The van der Waals surface area contributed by atoms with E-state index in [0.717, 1.165) is 17.1 Å². The fourth-order valence-electron chi connectivity index (χ4n) is 1.92. The highest BCUT2D eigenvalue weighted by molar-refractivity contribution is 5.46. The van der Waals surface area contributed by atoms with E-state index in [-0.39, 0.29) is 12.0 Å². The van der Waals surface area contributed by atoms with E-state index in [2.05, 4.69) is 0 Å². The van der Waals surface area contributed by atoms with Gasteiger partial charge in [-0.25, -0.2) is 0 Å². The van der Waals surface area contributed by atoms with E-state index in [4.69, 9.17) is 14.2 Å². The van der Waals surface area contributed by atoms with Crippen LogP contribution in [0, 0.1) is 0 Å². The van der Waals surface area contributed by atoms with Crippen molar-refractivity contribution in [3.05, 3.63) is 23.8 Å². The molecule has 2 rings (SSSR count). The summed E-state index contributed by atoms with van der Waals surface area (Å²) in [6, 6.07) is 5.62. The molecule has 0 atom stereocenters. The first-order valence-electron chi connectivity index (χ1n) is 5.17. The average Bonchev–Trinajstić information content (AvgIpc) is 2.28. The molecule has 0 amide bonds. The van der Waals surface area contributed by atoms with Gasteiger partial charge < -0.3 is 19.3 Å². The summed E-state index contributed by atoms with van der Waals surface area (Å²) >= 11 is 0. The Hall–Kier alpha value is -1.26. The summed E-state index contributed by atoms with van der Waals surface area (Å²) in [6.45, 7) is 1.13. The molecule has 0 aliphatic carbocycles. The van der Waals surface area contributed by atoms with Crippen LogP contribution in [-0.2, 0) is 10.2 Å². The fraction of sp³-hybridized carbons (Fsp3) is 0.500. The lowest BCUT2D eigenvalue weighted by atomic mass is 9.79. The van der Waals surface area contributed by atoms with Gasteiger partial charge in [0.1, 0.15) is 11.5 Å². The van der Waals surface area contributed by atoms with Gasteiger partial charge in [0.05, 0.1) is 39.5 Å². The van der Waals surface area contributed by atoms with Crippen molar-refractivity contribution in [3.8, 4) is 11.5 Å². The largest absolute Gasteiger partial charge is 0.497 e. The van der Waals surface area contributed by atoms with Crippen LogP contribution in [0.3, 0.4) is 0 Å². The molecule has 1 aliphatic rings. The minimum Gasteiger partial charge on any atom is -0.497 e. The molecule has 1 fully saturated rings. The monoisotopic (exact) mass is 224 g/mol. The van der Waals surface area contributed by atoms with E-state index in [1.54, 1.807) is 14.2 Å². The lowest BCUT2D eigenvalue weighted by molar-refractivity contribution is -0.0850. The van der Waals surface area contributed by atoms with Gasteiger partial charge in [-0.3, -0.25) is 0 Å². The van der Waals surface area contributed by atoms with Gasteiger partial charge in [0.25, 0.3) is 0 Å². The molecular weight excluding hydrogens is 208 g/mol. The summed E-state index contributed by atoms with van der Waals surface area (Å²) in [6.07, 6.45) is 0. The smallest absolute Gasteiger partial charge is 0.126 e. The van der Waals surface area contributed by atoms with Crippen LogP contribution in [0.15, 0.2) is 18.2 Å². The maximum Gasteiger partial charge on any atom is 0.126 e. The van der Waals surface area contributed by atoms with Gasteiger partial charge in [-0.15, -0.1) is 0 Å². The minimum atomic E-state index is -0.308. The Morgan fingerprint density at radius 2 is 2.06 bits per heavy atom. The first-order chi connectivity index (χ1) is 7.75. The third-order valence-corrected chi connectivity index (χ3v) is 3.04. The molecular formula is C12H16O4. The first-order valence-corrected chi connectivity index (χ1v) is 5.17. The van der Waals surface area contributed by atoms with Crippen molar-refractivity contribution >= 4 is 0 Å². The molecule has 16 heavy (non-hydrogen) atoms. The van der Waals surface area contributed by atoms with Crippen molar-refractivity contribution in [1.82, 2.24) is 0 Å². The molecule has 1 aromatic carbocycles. The van der Waals surface area contributed by atoms with Crippen molar-refractivity contribution in [2.75, 3.05) is 34.0 Å². The van der Waals surface area contributed by atoms with Gasteiger partial charge >= 0.3 is 0 Å². The molecule has 0 bridgehead atoms. The molecule has 4 nitrogen and oxygen atoms in total. The number of benzene rings is 1. The number of aliphatic hydroxyl groups excluding tert-OH is 1. The Morgan fingerprint density at radius 1 is 1.31 bits per heavy atom. The normalized spacial score (nSPS) is 17.7. The second kappa shape index (κ2) is 4.31. The zero-order valence-corrected chi connectivity index (χ0v) is 9.53. The molecule has 1 saturated heterocycles. The van der Waals surface area contributed by atoms with Gasteiger partial charge in [-0.1, -0.05) is 6.07 Å². The quantitative estimate of drug-likeness (QED) is 0.827. The van der Waals surface area contributed by atoms with E-state index in [0.29, 0.717) is 13.2 Å². The summed E-state index contributed by atoms with van der Waals surface area (Å²) in [5, 5.41) is 9.47. The predicted molar refractivity (Wildman–Crippen MR) is 59.1 cm³/mol. The lowest BCUT2D eigenvalue weighted by Crippen LogP contribution is -2.49. The summed E-state index contributed by atoms with van der Waals surface area (Å²) in [5.41, 5.74) is 0.669. The summed E-state index contributed by atoms with van der Waals surface area (Å²) in [7, 11) is 3.23. The van der Waals surface area contributed by atoms with E-state index in [9.17, 15) is 5.11 Å². The van der Waals surface area contributed by atoms with Crippen molar-refractivity contribution in [1.29, 1.82) is 0 Å². The van der Waals surface area contributed by atoms with Crippen molar-refractivity contribution < 1.29 is 19.3 Å². The maximum atomic E-state index is 9.47. The Bertz CT molecular complexity index is 366. The molecule has 0 saturated carbocycles. The van der Waals surface area contributed by atoms with Crippen LogP contribution in [0.4, 0.5) is 0 Å². The van der Waals surface area contributed by atoms with E-state index >= 15 is 0 Å². The van der Waals surface area contributed by atoms with E-state index < -0.39 is 0 Å². The number of rotatable bonds is 4. The van der Waals surface area contributed by atoms with Gasteiger partial charge in [0.15, 0.2) is 0 Å². The highest BCUT2D eigenvalue weighted by Gasteiger charge is 2.42. The molecule has 1 heterocycles. The molecule has 1 aliphatic heterocycles. The zero-order valence-electron chi connectivity index (χ0n) is 9.53. The summed E-state index contributed by atoms with van der Waals surface area (Å²) in [5.74, 6) is 1.48. The Balaban J connectivity index is 2.39. The number of ether oxygens (including phenoxy) is 3. The molecule has 0 spiro atoms. The van der Waals surface area contributed by atoms with E-state index in [1.807, 2.05) is 18.2 Å². The minimum absolute atomic E-state index is 0.0652. The van der Waals surface area contributed by atoms with Crippen LogP contribution in [0.5, 0.6) is 11.5 Å². The summed E-state index contributed by atoms with van der Waals surface area (Å²) < 4.78 is 15.7. The van der Waals surface area contributed by atoms with Gasteiger partial charge in [0, 0.05) is 11.6 Å². The number of hydrogen-bond acceptors (Lipinski definition) is 4. The van der Waals surface area contributed by atoms with Gasteiger partial charge in [0.2, 0.25) is 0 Å². The van der Waals surface area contributed by atoms with E-state index in [1.165, 1.54) is 0 Å². The average molecular weight is 224 g/mol. The third kappa shape index (κ3) is 1.64. The molecule has 88 valence electrons. The standard InChI is InChI=1S/C12H16O4/c1-14-9-3-4-10(11(5-9)15-2)12(6-13)7-16-8-12/h3-5,13H,6-8H2,1-2H3. The molecule has 0 aromatic heterocycles. The zero-order chi connectivity index (χ0) is 11.6. The third-order valence-electron chi connectivity index (χ3n) is 3.04. The molecule has 4 heteroatoms. The van der Waals surface area contributed by atoms with Crippen LogP contribution in [0.2, 0.25) is 0 Å². The van der Waals surface area contributed by atoms with Crippen molar-refractivity contribution in [3.63, 3.8) is 0 Å². The predicted octanol–water partition coefficient (Wildman–Crippen LogP) is 0.964. The Labute approximate surface area is 94.8 Å².